The lowest BCUT2D eigenvalue weighted by Crippen LogP contribution is -2.31. The number of carbonyl (C=O) groups is 1. The number of halogens is 1. The summed E-state index contributed by atoms with van der Waals surface area (Å²) in [5, 5.41) is 2.60. The zero-order chi connectivity index (χ0) is 19.3. The first kappa shape index (κ1) is 19.9. The Hall–Kier alpha value is -2.45. The highest BCUT2D eigenvalue weighted by Gasteiger charge is 2.26. The highest BCUT2D eigenvalue weighted by molar-refractivity contribution is 7.89. The molecule has 0 bridgehead atoms. The second kappa shape index (κ2) is 8.29. The number of rotatable bonds is 7. The maximum Gasteiger partial charge on any atom is 0.255 e. The second-order valence-electron chi connectivity index (χ2n) is 5.42. The average Bonchev–Trinajstić information content (AvgIpc) is 2.63. The molecule has 0 aliphatic heterocycles. The van der Waals surface area contributed by atoms with Gasteiger partial charge in [0.2, 0.25) is 10.0 Å². The normalized spacial score (nSPS) is 11.4. The number of carbonyl (C=O) groups excluding carboxylic acids is 1. The summed E-state index contributed by atoms with van der Waals surface area (Å²) in [6, 6.07) is 9.48. The molecule has 0 saturated carbocycles. The van der Waals surface area contributed by atoms with E-state index in [0.29, 0.717) is 18.8 Å². The molecule has 2 rings (SSSR count). The van der Waals surface area contributed by atoms with Crippen LogP contribution < -0.4 is 10.1 Å². The van der Waals surface area contributed by atoms with Gasteiger partial charge < -0.3 is 10.1 Å². The minimum absolute atomic E-state index is 0.0737. The maximum atomic E-state index is 13.0. The van der Waals surface area contributed by atoms with E-state index in [9.17, 15) is 17.6 Å². The summed E-state index contributed by atoms with van der Waals surface area (Å²) < 4.78 is 45.0. The van der Waals surface area contributed by atoms with E-state index in [1.54, 1.807) is 13.8 Å². The van der Waals surface area contributed by atoms with E-state index >= 15 is 0 Å². The number of anilines is 1. The molecule has 0 radical (unpaired) electrons. The Morgan fingerprint density at radius 2 is 1.73 bits per heavy atom. The molecule has 6 nitrogen and oxygen atoms in total. The van der Waals surface area contributed by atoms with Gasteiger partial charge in [-0.3, -0.25) is 4.79 Å². The number of methoxy groups -OCH3 is 1. The minimum Gasteiger partial charge on any atom is -0.495 e. The van der Waals surface area contributed by atoms with E-state index in [1.165, 1.54) is 53.9 Å². The molecule has 2 aromatic carbocycles. The van der Waals surface area contributed by atoms with Crippen molar-refractivity contribution in [2.75, 3.05) is 25.5 Å². The van der Waals surface area contributed by atoms with Gasteiger partial charge in [-0.15, -0.1) is 0 Å². The number of hydrogen-bond acceptors (Lipinski definition) is 4. The maximum absolute atomic E-state index is 13.0. The van der Waals surface area contributed by atoms with Crippen molar-refractivity contribution in [3.63, 3.8) is 0 Å². The van der Waals surface area contributed by atoms with Crippen LogP contribution in [-0.2, 0) is 10.0 Å². The van der Waals surface area contributed by atoms with Gasteiger partial charge in [0.25, 0.3) is 5.91 Å². The quantitative estimate of drug-likeness (QED) is 0.801. The van der Waals surface area contributed by atoms with Crippen LogP contribution in [0.3, 0.4) is 0 Å². The van der Waals surface area contributed by atoms with E-state index in [-0.39, 0.29) is 16.2 Å². The van der Waals surface area contributed by atoms with E-state index in [4.69, 9.17) is 4.74 Å². The van der Waals surface area contributed by atoms with Crippen LogP contribution in [-0.4, -0.2) is 38.8 Å². The van der Waals surface area contributed by atoms with Gasteiger partial charge in [0, 0.05) is 24.3 Å². The van der Waals surface area contributed by atoms with Crippen LogP contribution in [0.25, 0.3) is 0 Å². The van der Waals surface area contributed by atoms with Crippen molar-refractivity contribution in [3.8, 4) is 5.75 Å². The highest BCUT2D eigenvalue weighted by atomic mass is 32.2. The third-order valence-electron chi connectivity index (χ3n) is 3.85. The van der Waals surface area contributed by atoms with Crippen LogP contribution in [0.1, 0.15) is 24.2 Å². The summed E-state index contributed by atoms with van der Waals surface area (Å²) in [5.74, 6) is -0.759. The standard InChI is InChI=1S/C18H21FN2O4S/c1-4-21(5-2)26(23,24)17-12-13(6-11-16(17)25-3)18(22)20-15-9-7-14(19)8-10-15/h6-12H,4-5H2,1-3H3,(H,20,22). The Bertz CT molecular complexity index is 879. The van der Waals surface area contributed by atoms with Crippen molar-refractivity contribution in [1.82, 2.24) is 4.31 Å². The average molecular weight is 380 g/mol. The molecule has 0 unspecified atom stereocenters. The molecule has 0 saturated heterocycles. The Kier molecular flexibility index (Phi) is 6.33. The van der Waals surface area contributed by atoms with Crippen molar-refractivity contribution in [2.45, 2.75) is 18.7 Å². The Morgan fingerprint density at radius 3 is 2.27 bits per heavy atom. The Balaban J connectivity index is 2.39. The lowest BCUT2D eigenvalue weighted by Gasteiger charge is -2.20. The molecule has 0 aliphatic rings. The fraction of sp³-hybridized carbons (Fsp3) is 0.278. The minimum atomic E-state index is -3.80. The van der Waals surface area contributed by atoms with Gasteiger partial charge in [0.05, 0.1) is 7.11 Å². The molecular formula is C18H21FN2O4S. The van der Waals surface area contributed by atoms with Gasteiger partial charge >= 0.3 is 0 Å². The monoisotopic (exact) mass is 380 g/mol. The van der Waals surface area contributed by atoms with Crippen molar-refractivity contribution in [2.24, 2.45) is 0 Å². The Morgan fingerprint density at radius 1 is 1.12 bits per heavy atom. The number of benzene rings is 2. The third-order valence-corrected chi connectivity index (χ3v) is 5.92. The summed E-state index contributed by atoms with van der Waals surface area (Å²) in [7, 11) is -2.43. The van der Waals surface area contributed by atoms with E-state index in [2.05, 4.69) is 5.32 Å². The molecular weight excluding hydrogens is 359 g/mol. The number of sulfonamides is 1. The summed E-state index contributed by atoms with van der Waals surface area (Å²) >= 11 is 0. The first-order valence-corrected chi connectivity index (χ1v) is 9.52. The highest BCUT2D eigenvalue weighted by Crippen LogP contribution is 2.28. The molecule has 0 aromatic heterocycles. The second-order valence-corrected chi connectivity index (χ2v) is 7.32. The molecule has 26 heavy (non-hydrogen) atoms. The molecule has 0 atom stereocenters. The van der Waals surface area contributed by atoms with Crippen LogP contribution in [0, 0.1) is 5.82 Å². The lowest BCUT2D eigenvalue weighted by molar-refractivity contribution is 0.102. The van der Waals surface area contributed by atoms with Crippen molar-refractivity contribution >= 4 is 21.6 Å². The molecule has 1 amide bonds. The fourth-order valence-corrected chi connectivity index (χ4v) is 4.10. The van der Waals surface area contributed by atoms with Gasteiger partial charge in [0.1, 0.15) is 16.5 Å². The molecule has 1 N–H and O–H groups in total. The zero-order valence-corrected chi connectivity index (χ0v) is 15.6. The molecule has 0 spiro atoms. The molecule has 140 valence electrons. The molecule has 0 aliphatic carbocycles. The largest absolute Gasteiger partial charge is 0.495 e. The molecule has 8 heteroatoms. The predicted molar refractivity (Wildman–Crippen MR) is 97.5 cm³/mol. The van der Waals surface area contributed by atoms with Crippen LogP contribution in [0.15, 0.2) is 47.4 Å². The van der Waals surface area contributed by atoms with Gasteiger partial charge in [-0.1, -0.05) is 13.8 Å². The summed E-state index contributed by atoms with van der Waals surface area (Å²) in [4.78, 5) is 12.4. The summed E-state index contributed by atoms with van der Waals surface area (Å²) in [6.45, 7) is 4.07. The Labute approximate surface area is 152 Å². The van der Waals surface area contributed by atoms with Crippen molar-refractivity contribution in [1.29, 1.82) is 0 Å². The first-order valence-electron chi connectivity index (χ1n) is 8.08. The number of hydrogen-bond donors (Lipinski definition) is 1. The van der Waals surface area contributed by atoms with Crippen molar-refractivity contribution in [3.05, 3.63) is 53.8 Å². The molecule has 0 fully saturated rings. The van der Waals surface area contributed by atoms with Crippen LogP contribution in [0.2, 0.25) is 0 Å². The van der Waals surface area contributed by atoms with E-state index in [0.717, 1.165) is 0 Å². The van der Waals surface area contributed by atoms with Gasteiger partial charge in [-0.05, 0) is 42.5 Å². The van der Waals surface area contributed by atoms with Crippen molar-refractivity contribution < 1.29 is 22.3 Å². The van der Waals surface area contributed by atoms with Crippen LogP contribution >= 0.6 is 0 Å². The number of nitrogens with zero attached hydrogens (tertiary/aromatic N) is 1. The number of amides is 1. The predicted octanol–water partition coefficient (Wildman–Crippen LogP) is 3.12. The zero-order valence-electron chi connectivity index (χ0n) is 14.8. The molecule has 0 heterocycles. The van der Waals surface area contributed by atoms with Crippen LogP contribution in [0.4, 0.5) is 10.1 Å². The van der Waals surface area contributed by atoms with Gasteiger partial charge in [0.15, 0.2) is 0 Å². The third kappa shape index (κ3) is 4.20. The SMILES string of the molecule is CCN(CC)S(=O)(=O)c1cc(C(=O)Nc2ccc(F)cc2)ccc1OC. The topological polar surface area (TPSA) is 75.7 Å². The lowest BCUT2D eigenvalue weighted by atomic mass is 10.2. The first-order chi connectivity index (χ1) is 12.3. The summed E-state index contributed by atoms with van der Waals surface area (Å²) in [5.41, 5.74) is 0.557. The fourth-order valence-electron chi connectivity index (χ4n) is 2.46. The molecule has 2 aromatic rings. The summed E-state index contributed by atoms with van der Waals surface area (Å²) in [6.07, 6.45) is 0. The smallest absolute Gasteiger partial charge is 0.255 e. The van der Waals surface area contributed by atoms with Gasteiger partial charge in [-0.25, -0.2) is 12.8 Å². The van der Waals surface area contributed by atoms with Crippen LogP contribution in [0.5, 0.6) is 5.75 Å². The number of nitrogens with one attached hydrogen (secondary N) is 1. The van der Waals surface area contributed by atoms with E-state index in [1.807, 2.05) is 0 Å². The van der Waals surface area contributed by atoms with E-state index < -0.39 is 21.7 Å². The van der Waals surface area contributed by atoms with Gasteiger partial charge in [-0.2, -0.15) is 4.31 Å². The number of ether oxygens (including phenoxy) is 1.